The Bertz CT molecular complexity index is 1040. The number of hydrogen-bond acceptors (Lipinski definition) is 3. The number of benzene rings is 2. The first-order chi connectivity index (χ1) is 15.7. The second kappa shape index (κ2) is 8.83. The molecule has 1 aliphatic carbocycles. The second-order valence-electron chi connectivity index (χ2n) is 10.5. The Hall–Kier alpha value is -2.26. The molecule has 178 valence electrons. The molecule has 2 aliphatic rings. The summed E-state index contributed by atoms with van der Waals surface area (Å²) in [7, 11) is 0. The van der Waals surface area contributed by atoms with E-state index in [9.17, 15) is 14.0 Å². The minimum atomic E-state index is -2.73. The van der Waals surface area contributed by atoms with E-state index < -0.39 is 11.8 Å². The summed E-state index contributed by atoms with van der Waals surface area (Å²) >= 11 is 0. The Labute approximate surface area is 196 Å². The third-order valence-corrected chi connectivity index (χ3v) is 15.9. The van der Waals surface area contributed by atoms with Crippen molar-refractivity contribution in [3.8, 4) is 0 Å². The summed E-state index contributed by atoms with van der Waals surface area (Å²) in [4.78, 5) is 27.0. The summed E-state index contributed by atoms with van der Waals surface area (Å²) in [5.74, 6) is -0.470. The van der Waals surface area contributed by atoms with Gasteiger partial charge in [0.1, 0.15) is 0 Å². The van der Waals surface area contributed by atoms with Crippen LogP contribution in [0.3, 0.4) is 0 Å². The molecule has 1 amide bonds. The molecule has 4 rings (SSSR count). The molecule has 2 aromatic rings. The summed E-state index contributed by atoms with van der Waals surface area (Å²) in [5.41, 5.74) is 3.11. The summed E-state index contributed by atoms with van der Waals surface area (Å²) in [6.07, 6.45) is 7.19. The van der Waals surface area contributed by atoms with Crippen molar-refractivity contribution in [2.45, 2.75) is 57.7 Å². The van der Waals surface area contributed by atoms with Crippen molar-refractivity contribution in [2.24, 2.45) is 0 Å². The van der Waals surface area contributed by atoms with Crippen molar-refractivity contribution < 1.29 is 18.7 Å². The molecule has 0 aromatic heterocycles. The fourth-order valence-electron chi connectivity index (χ4n) is 6.03. The summed E-state index contributed by atoms with van der Waals surface area (Å²) in [6.45, 7) is 3.46. The third kappa shape index (κ3) is 4.45. The predicted octanol–water partition coefficient (Wildman–Crippen LogP) is 6.02. The molecule has 0 unspecified atom stereocenters. The molecule has 1 heterocycles. The van der Waals surface area contributed by atoms with Gasteiger partial charge >= 0.3 is 196 Å². The van der Waals surface area contributed by atoms with Gasteiger partial charge in [-0.05, 0) is 0 Å². The average molecular weight is 472 g/mol. The molecule has 2 aromatic carbocycles. The maximum atomic E-state index is 13.8. The van der Waals surface area contributed by atoms with E-state index in [1.807, 2.05) is 44.2 Å². The zero-order valence-electron chi connectivity index (χ0n) is 20.0. The van der Waals surface area contributed by atoms with Crippen molar-refractivity contribution in [1.82, 2.24) is 0 Å². The molecule has 1 saturated carbocycles. The normalized spacial score (nSPS) is 21.3. The number of hydrogen-bond donors (Lipinski definition) is 1. The molecule has 0 atom stereocenters. The molecule has 4 nitrogen and oxygen atoms in total. The second-order valence-corrected chi connectivity index (χ2v) is 17.2. The first-order valence-corrected chi connectivity index (χ1v) is 15.2. The Balaban J connectivity index is 1.57. The van der Waals surface area contributed by atoms with Crippen LogP contribution in [-0.2, 0) is 20.9 Å². The standard InChI is InChI=1S/C27H35FNO3P/c1-20-16-23(28)17-21(2)25(20)29-26(31)27(12-13-27)33(3,14-8-5-9-15-33)19-24(30)32-18-22-10-6-4-7-11-22/h4,6-7,10-11,16-17H,5,8-9,12-15,18-19H2,1-3H3,(H,29,31). The molecule has 0 spiro atoms. The van der Waals surface area contributed by atoms with E-state index in [1.165, 1.54) is 12.1 Å². The molecule has 1 saturated heterocycles. The van der Waals surface area contributed by atoms with Gasteiger partial charge in [-0.1, -0.05) is 0 Å². The van der Waals surface area contributed by atoms with Crippen LogP contribution in [0.1, 0.15) is 48.8 Å². The number of esters is 1. The van der Waals surface area contributed by atoms with E-state index >= 15 is 0 Å². The predicted molar refractivity (Wildman–Crippen MR) is 134 cm³/mol. The zero-order valence-corrected chi connectivity index (χ0v) is 20.8. The fraction of sp³-hybridized carbons (Fsp3) is 0.481. The number of amides is 1. The third-order valence-electron chi connectivity index (χ3n) is 8.17. The number of anilines is 1. The van der Waals surface area contributed by atoms with Gasteiger partial charge in [0.05, 0.1) is 0 Å². The summed E-state index contributed by atoms with van der Waals surface area (Å²) in [6, 6.07) is 12.6. The fourth-order valence-corrected chi connectivity index (χ4v) is 13.1. The van der Waals surface area contributed by atoms with Crippen molar-refractivity contribution in [1.29, 1.82) is 0 Å². The van der Waals surface area contributed by atoms with Crippen LogP contribution < -0.4 is 5.32 Å². The molecule has 33 heavy (non-hydrogen) atoms. The van der Waals surface area contributed by atoms with Crippen LogP contribution in [0.25, 0.3) is 0 Å². The van der Waals surface area contributed by atoms with Crippen molar-refractivity contribution in [2.75, 3.05) is 30.5 Å². The van der Waals surface area contributed by atoms with Crippen molar-refractivity contribution in [3.63, 3.8) is 0 Å². The van der Waals surface area contributed by atoms with Crippen LogP contribution in [0.4, 0.5) is 10.1 Å². The van der Waals surface area contributed by atoms with Gasteiger partial charge in [0.15, 0.2) is 0 Å². The molecular formula is C27H35FNO3P. The van der Waals surface area contributed by atoms with E-state index in [1.54, 1.807) is 0 Å². The number of ether oxygens (including phenoxy) is 1. The number of rotatable bonds is 7. The Morgan fingerprint density at radius 1 is 1.03 bits per heavy atom. The number of aryl methyl sites for hydroxylation is 2. The van der Waals surface area contributed by atoms with Crippen LogP contribution in [0.2, 0.25) is 0 Å². The van der Waals surface area contributed by atoms with Crippen molar-refractivity contribution >= 4 is 24.2 Å². The molecule has 6 heteroatoms. The van der Waals surface area contributed by atoms with Gasteiger partial charge in [0.25, 0.3) is 0 Å². The molecular weight excluding hydrogens is 436 g/mol. The van der Waals surface area contributed by atoms with E-state index in [4.69, 9.17) is 4.74 Å². The molecule has 1 aliphatic heterocycles. The van der Waals surface area contributed by atoms with E-state index in [2.05, 4.69) is 12.0 Å². The maximum absolute atomic E-state index is 13.8. The van der Waals surface area contributed by atoms with E-state index in [0.717, 1.165) is 61.1 Å². The van der Waals surface area contributed by atoms with Gasteiger partial charge in [0.2, 0.25) is 0 Å². The molecule has 0 radical (unpaired) electrons. The first kappa shape index (κ1) is 23.9. The van der Waals surface area contributed by atoms with Gasteiger partial charge in [-0.2, -0.15) is 0 Å². The Morgan fingerprint density at radius 3 is 2.21 bits per heavy atom. The van der Waals surface area contributed by atoms with Gasteiger partial charge in [-0.25, -0.2) is 0 Å². The van der Waals surface area contributed by atoms with E-state index in [-0.39, 0.29) is 24.3 Å². The number of nitrogens with one attached hydrogen (secondary N) is 1. The summed E-state index contributed by atoms with van der Waals surface area (Å²) < 4.78 is 19.5. The molecule has 0 bridgehead atoms. The van der Waals surface area contributed by atoms with Crippen LogP contribution in [0.15, 0.2) is 42.5 Å². The zero-order chi connectivity index (χ0) is 23.7. The van der Waals surface area contributed by atoms with Gasteiger partial charge in [0, 0.05) is 0 Å². The van der Waals surface area contributed by atoms with E-state index in [0.29, 0.717) is 11.8 Å². The van der Waals surface area contributed by atoms with Crippen LogP contribution in [0, 0.1) is 19.7 Å². The van der Waals surface area contributed by atoms with Gasteiger partial charge in [-0.15, -0.1) is 0 Å². The van der Waals surface area contributed by atoms with Gasteiger partial charge < -0.3 is 0 Å². The average Bonchev–Trinajstić information content (AvgIpc) is 3.59. The topological polar surface area (TPSA) is 55.4 Å². The van der Waals surface area contributed by atoms with Crippen molar-refractivity contribution in [3.05, 3.63) is 65.0 Å². The minimum absolute atomic E-state index is 0.0123. The number of carbonyl (C=O) groups excluding carboxylic acids is 2. The van der Waals surface area contributed by atoms with Crippen LogP contribution in [-0.4, -0.2) is 42.2 Å². The number of carbonyl (C=O) groups is 2. The Kier molecular flexibility index (Phi) is 6.39. The molecule has 1 N–H and O–H groups in total. The SMILES string of the molecule is Cc1cc(F)cc(C)c1NC(=O)C1(P2(C)(CC(=O)OCc3ccccc3)CCCCC2)CC1. The monoisotopic (exact) mass is 471 g/mol. The number of halogens is 1. The molecule has 2 fully saturated rings. The van der Waals surface area contributed by atoms with Gasteiger partial charge in [-0.3, -0.25) is 0 Å². The quantitative estimate of drug-likeness (QED) is 0.397. The first-order valence-electron chi connectivity index (χ1n) is 11.9. The van der Waals surface area contributed by atoms with Crippen LogP contribution >= 0.6 is 6.60 Å². The van der Waals surface area contributed by atoms with Crippen LogP contribution in [0.5, 0.6) is 0 Å². The summed E-state index contributed by atoms with van der Waals surface area (Å²) in [5, 5.41) is 2.68. The Morgan fingerprint density at radius 2 is 1.64 bits per heavy atom.